The number of allylic oxidation sites excluding steroid dienone is 17. The molecule has 0 aromatic carbocycles. The molecule has 0 fully saturated rings. The van der Waals surface area contributed by atoms with E-state index in [1.54, 1.807) is 6.08 Å². The summed E-state index contributed by atoms with van der Waals surface area (Å²) in [7, 11) is 1.53. The second-order valence-corrected chi connectivity index (χ2v) is 20.3. The summed E-state index contributed by atoms with van der Waals surface area (Å²) in [6.45, 7) is 4.65. The number of nitrogens with one attached hydrogen (secondary N) is 1. The first-order valence-electron chi connectivity index (χ1n) is 26.8. The summed E-state index contributed by atoms with van der Waals surface area (Å²) in [5, 5.41) is 13.9. The number of quaternary nitrogens is 1. The first-order chi connectivity index (χ1) is 32.5. The zero-order chi connectivity index (χ0) is 49.2. The van der Waals surface area contributed by atoms with E-state index in [2.05, 4.69) is 116 Å². The van der Waals surface area contributed by atoms with Crippen molar-refractivity contribution < 1.29 is 32.9 Å². The SMILES string of the molecule is CC/C=C\C/C=C\C/C=C\C/C=C\C/C=C\C/C=C\C/C=C\CCCCCCCCCC(=O)NC(COP(=O)(O)OCC[N+](C)(C)C)C(O)/C=C/CC/C=C/CCCCCCCCCCCC. The molecule has 1 amide bonds. The van der Waals surface area contributed by atoms with Gasteiger partial charge in [0.25, 0.3) is 0 Å². The molecule has 67 heavy (non-hydrogen) atoms. The number of rotatable bonds is 47. The number of aliphatic hydroxyl groups excluding tert-OH is 1. The van der Waals surface area contributed by atoms with Gasteiger partial charge in [0.15, 0.2) is 0 Å². The summed E-state index contributed by atoms with van der Waals surface area (Å²) < 4.78 is 23.6. The van der Waals surface area contributed by atoms with Gasteiger partial charge in [-0.3, -0.25) is 13.8 Å². The third-order valence-electron chi connectivity index (χ3n) is 11.2. The lowest BCUT2D eigenvalue weighted by Crippen LogP contribution is -2.45. The van der Waals surface area contributed by atoms with Crippen LogP contribution in [-0.4, -0.2) is 73.4 Å². The molecule has 0 aromatic rings. The molecule has 3 atom stereocenters. The Bertz CT molecular complexity index is 1450. The highest BCUT2D eigenvalue weighted by Crippen LogP contribution is 2.43. The zero-order valence-corrected chi connectivity index (χ0v) is 44.5. The van der Waals surface area contributed by atoms with Crippen LogP contribution in [0.2, 0.25) is 0 Å². The summed E-state index contributed by atoms with van der Waals surface area (Å²) in [5.74, 6) is -0.203. The Morgan fingerprint density at radius 3 is 1.37 bits per heavy atom. The Balaban J connectivity index is 4.33. The molecule has 0 saturated carbocycles. The number of nitrogens with zero attached hydrogens (tertiary/aromatic N) is 1. The molecule has 0 bridgehead atoms. The first-order valence-corrected chi connectivity index (χ1v) is 28.3. The van der Waals surface area contributed by atoms with Gasteiger partial charge in [-0.1, -0.05) is 213 Å². The first kappa shape index (κ1) is 64.2. The van der Waals surface area contributed by atoms with Crippen molar-refractivity contribution in [3.05, 3.63) is 109 Å². The van der Waals surface area contributed by atoms with Gasteiger partial charge in [0.05, 0.1) is 39.9 Å². The van der Waals surface area contributed by atoms with Crippen LogP contribution in [0.4, 0.5) is 0 Å². The minimum atomic E-state index is -4.36. The highest BCUT2D eigenvalue weighted by molar-refractivity contribution is 7.47. The lowest BCUT2D eigenvalue weighted by molar-refractivity contribution is -0.870. The quantitative estimate of drug-likeness (QED) is 0.0243. The van der Waals surface area contributed by atoms with Crippen LogP contribution in [0.1, 0.15) is 200 Å². The molecule has 0 heterocycles. The number of hydrogen-bond acceptors (Lipinski definition) is 5. The largest absolute Gasteiger partial charge is 0.472 e. The van der Waals surface area contributed by atoms with Crippen LogP contribution in [0.25, 0.3) is 0 Å². The van der Waals surface area contributed by atoms with E-state index in [4.69, 9.17) is 9.05 Å². The van der Waals surface area contributed by atoms with Crippen LogP contribution in [0, 0.1) is 0 Å². The van der Waals surface area contributed by atoms with E-state index in [1.807, 2.05) is 27.2 Å². The summed E-state index contributed by atoms with van der Waals surface area (Å²) in [6.07, 6.45) is 70.3. The van der Waals surface area contributed by atoms with Crippen molar-refractivity contribution in [1.82, 2.24) is 5.32 Å². The second-order valence-electron chi connectivity index (χ2n) is 18.9. The van der Waals surface area contributed by atoms with Crippen molar-refractivity contribution in [3.8, 4) is 0 Å². The number of phosphoric ester groups is 1. The van der Waals surface area contributed by atoms with E-state index in [9.17, 15) is 19.4 Å². The van der Waals surface area contributed by atoms with E-state index in [0.29, 0.717) is 17.4 Å². The molecule has 0 aromatic heterocycles. The summed E-state index contributed by atoms with van der Waals surface area (Å²) >= 11 is 0. The van der Waals surface area contributed by atoms with Gasteiger partial charge in [0.1, 0.15) is 13.2 Å². The zero-order valence-electron chi connectivity index (χ0n) is 43.6. The van der Waals surface area contributed by atoms with E-state index in [1.165, 1.54) is 83.5 Å². The molecule has 0 rings (SSSR count). The predicted molar refractivity (Wildman–Crippen MR) is 290 cm³/mol. The number of amides is 1. The molecular weight excluding hydrogens is 852 g/mol. The standard InChI is InChI=1S/C58H101N2O6P/c1-6-8-10-12-14-16-18-20-22-24-25-26-27-28-29-30-31-32-33-34-35-36-38-40-42-44-46-48-50-52-58(62)59-56(55-66-67(63,64)65-54-53-60(3,4)5)57(61)51-49-47-45-43-41-39-37-23-21-19-17-15-13-11-9-7-2/h8,10,14,16,20,22,25-26,28-29,31-32,34-35,41,43,49,51,56-57,61H,6-7,9,11-13,15,17-19,21,23-24,27,30,33,36-40,42,44-48,50,52-55H2,1-5H3,(H-,59,62,63,64)/p+1/b10-8-,16-14-,22-20-,26-25-,29-28-,32-31-,35-34-,43-41+,51-49+. The fourth-order valence-electron chi connectivity index (χ4n) is 7.04. The molecule has 384 valence electrons. The van der Waals surface area contributed by atoms with Crippen LogP contribution in [0.15, 0.2) is 109 Å². The molecule has 0 saturated heterocycles. The van der Waals surface area contributed by atoms with Crippen molar-refractivity contribution in [2.75, 3.05) is 40.9 Å². The fourth-order valence-corrected chi connectivity index (χ4v) is 7.77. The smallest absolute Gasteiger partial charge is 0.387 e. The predicted octanol–water partition coefficient (Wildman–Crippen LogP) is 16.0. The maximum atomic E-state index is 12.9. The fraction of sp³-hybridized carbons (Fsp3) is 0.672. The Labute approximate surface area is 412 Å². The lowest BCUT2D eigenvalue weighted by atomic mass is 10.1. The second kappa shape index (κ2) is 48.2. The molecule has 0 aliphatic rings. The van der Waals surface area contributed by atoms with Crippen molar-refractivity contribution >= 4 is 13.7 Å². The molecule has 0 radical (unpaired) electrons. The number of phosphoric acid groups is 1. The van der Waals surface area contributed by atoms with Crippen LogP contribution in [0.5, 0.6) is 0 Å². The molecular formula is C58H102N2O6P+. The minimum Gasteiger partial charge on any atom is -0.387 e. The normalized spacial score (nSPS) is 14.9. The maximum Gasteiger partial charge on any atom is 0.472 e. The number of aliphatic hydroxyl groups is 1. The highest BCUT2D eigenvalue weighted by Gasteiger charge is 2.27. The molecule has 3 N–H and O–H groups in total. The van der Waals surface area contributed by atoms with E-state index < -0.39 is 20.0 Å². The number of carbonyl (C=O) groups is 1. The Hall–Kier alpha value is -2.84. The average molecular weight is 954 g/mol. The molecule has 3 unspecified atom stereocenters. The van der Waals surface area contributed by atoms with Crippen LogP contribution < -0.4 is 5.32 Å². The lowest BCUT2D eigenvalue weighted by Gasteiger charge is -2.25. The maximum absolute atomic E-state index is 12.9. The Kier molecular flexibility index (Phi) is 46.2. The van der Waals surface area contributed by atoms with E-state index >= 15 is 0 Å². The van der Waals surface area contributed by atoms with Gasteiger partial charge >= 0.3 is 7.82 Å². The van der Waals surface area contributed by atoms with Gasteiger partial charge < -0.3 is 19.8 Å². The van der Waals surface area contributed by atoms with Crippen molar-refractivity contribution in [2.24, 2.45) is 0 Å². The molecule has 9 heteroatoms. The van der Waals surface area contributed by atoms with Crippen LogP contribution in [-0.2, 0) is 18.4 Å². The number of unbranched alkanes of at least 4 members (excludes halogenated alkanes) is 18. The van der Waals surface area contributed by atoms with E-state index in [-0.39, 0.29) is 19.1 Å². The summed E-state index contributed by atoms with van der Waals surface area (Å²) in [6, 6.07) is -0.877. The monoisotopic (exact) mass is 954 g/mol. The minimum absolute atomic E-state index is 0.0479. The molecule has 0 aliphatic heterocycles. The third kappa shape index (κ3) is 50.9. The van der Waals surface area contributed by atoms with Gasteiger partial charge in [-0.25, -0.2) is 4.57 Å². The van der Waals surface area contributed by atoms with Crippen LogP contribution in [0.3, 0.4) is 0 Å². The van der Waals surface area contributed by atoms with Gasteiger partial charge in [0.2, 0.25) is 5.91 Å². The molecule has 0 aliphatic carbocycles. The highest BCUT2D eigenvalue weighted by atomic mass is 31.2. The Morgan fingerprint density at radius 2 is 0.910 bits per heavy atom. The third-order valence-corrected chi connectivity index (χ3v) is 12.2. The van der Waals surface area contributed by atoms with Gasteiger partial charge in [-0.2, -0.15) is 0 Å². The van der Waals surface area contributed by atoms with E-state index in [0.717, 1.165) is 96.3 Å². The average Bonchev–Trinajstić information content (AvgIpc) is 3.29. The van der Waals surface area contributed by atoms with Gasteiger partial charge in [0, 0.05) is 6.42 Å². The topological polar surface area (TPSA) is 105 Å². The molecule has 8 nitrogen and oxygen atoms in total. The number of hydrogen-bond donors (Lipinski definition) is 3. The number of likely N-dealkylation sites (N-methyl/N-ethyl adjacent to an activating group) is 1. The van der Waals surface area contributed by atoms with Crippen molar-refractivity contribution in [3.63, 3.8) is 0 Å². The summed E-state index contributed by atoms with van der Waals surface area (Å²) in [5.41, 5.74) is 0. The number of carbonyl (C=O) groups excluding carboxylic acids is 1. The van der Waals surface area contributed by atoms with Crippen molar-refractivity contribution in [1.29, 1.82) is 0 Å². The van der Waals surface area contributed by atoms with Crippen molar-refractivity contribution in [2.45, 2.75) is 212 Å². The van der Waals surface area contributed by atoms with Crippen LogP contribution >= 0.6 is 7.82 Å². The van der Waals surface area contributed by atoms with Gasteiger partial charge in [-0.15, -0.1) is 0 Å². The Morgan fingerprint density at radius 1 is 0.522 bits per heavy atom. The van der Waals surface area contributed by atoms with Gasteiger partial charge in [-0.05, 0) is 89.9 Å². The molecule has 0 spiro atoms. The summed E-state index contributed by atoms with van der Waals surface area (Å²) in [4.78, 5) is 23.2.